The molecule has 9 nitrogen and oxygen atoms in total. The van der Waals surface area contributed by atoms with Gasteiger partial charge in [0.1, 0.15) is 0 Å². The number of hydrogen-bond donors (Lipinski definition) is 4. The minimum atomic E-state index is -0.581. The molecule has 3 amide bonds. The van der Waals surface area contributed by atoms with Gasteiger partial charge in [-0.25, -0.2) is 4.99 Å². The van der Waals surface area contributed by atoms with Crippen LogP contribution in [0.2, 0.25) is 0 Å². The highest BCUT2D eigenvalue weighted by Crippen LogP contribution is 2.20. The molecule has 164 valence electrons. The first-order chi connectivity index (χ1) is 14.4. The highest BCUT2D eigenvalue weighted by Gasteiger charge is 2.23. The lowest BCUT2D eigenvalue weighted by molar-refractivity contribution is -0.121. The van der Waals surface area contributed by atoms with Gasteiger partial charge >= 0.3 is 0 Å². The first kappa shape index (κ1) is 23.2. The van der Waals surface area contributed by atoms with E-state index in [2.05, 4.69) is 20.9 Å². The molecule has 1 aliphatic heterocycles. The number of carbonyl (C=O) groups excluding carboxylic acids is 3. The van der Waals surface area contributed by atoms with Crippen LogP contribution in [0.15, 0.2) is 29.3 Å². The Morgan fingerprint density at radius 2 is 1.80 bits per heavy atom. The third-order valence-corrected chi connectivity index (χ3v) is 5.05. The number of benzene rings is 1. The molecule has 0 unspecified atom stereocenters. The largest absolute Gasteiger partial charge is 0.368 e. The van der Waals surface area contributed by atoms with Gasteiger partial charge < -0.3 is 26.6 Å². The molecule has 30 heavy (non-hydrogen) atoms. The van der Waals surface area contributed by atoms with Crippen molar-refractivity contribution in [3.8, 4) is 0 Å². The molecule has 1 aromatic carbocycles. The second kappa shape index (κ2) is 11.8. The zero-order chi connectivity index (χ0) is 21.9. The molecular formula is C21H32N6O3. The predicted molar refractivity (Wildman–Crippen MR) is 116 cm³/mol. The van der Waals surface area contributed by atoms with Crippen molar-refractivity contribution in [1.29, 1.82) is 0 Å². The maximum atomic E-state index is 11.9. The van der Waals surface area contributed by atoms with Crippen LogP contribution in [0.4, 0.5) is 0 Å². The molecule has 0 saturated carbocycles. The van der Waals surface area contributed by atoms with E-state index in [1.807, 2.05) is 19.1 Å². The van der Waals surface area contributed by atoms with E-state index in [1.165, 1.54) is 0 Å². The van der Waals surface area contributed by atoms with Gasteiger partial charge in [-0.3, -0.25) is 14.4 Å². The Bertz CT molecular complexity index is 755. The fourth-order valence-corrected chi connectivity index (χ4v) is 3.34. The third-order valence-electron chi connectivity index (χ3n) is 5.05. The van der Waals surface area contributed by atoms with Crippen LogP contribution in [0.3, 0.4) is 0 Å². The van der Waals surface area contributed by atoms with Gasteiger partial charge in [0.15, 0.2) is 5.96 Å². The van der Waals surface area contributed by atoms with E-state index in [1.54, 1.807) is 19.2 Å². The Hall–Kier alpha value is -3.10. The van der Waals surface area contributed by atoms with Crippen molar-refractivity contribution >= 4 is 23.7 Å². The van der Waals surface area contributed by atoms with E-state index in [0.717, 1.165) is 44.0 Å². The SMILES string of the molecule is CCNC(=NCc1ccc(C(=O)NCC(N)=O)cc1)N1CCC(CC(=O)NC)CC1. The Morgan fingerprint density at radius 1 is 1.13 bits per heavy atom. The second-order valence-electron chi connectivity index (χ2n) is 7.32. The molecule has 1 fully saturated rings. The van der Waals surface area contributed by atoms with E-state index >= 15 is 0 Å². The lowest BCUT2D eigenvalue weighted by Gasteiger charge is -2.34. The van der Waals surface area contributed by atoms with Gasteiger partial charge in [-0.1, -0.05) is 12.1 Å². The molecule has 0 bridgehead atoms. The van der Waals surface area contributed by atoms with Crippen LogP contribution in [-0.2, 0) is 16.1 Å². The van der Waals surface area contributed by atoms with Gasteiger partial charge in [0.25, 0.3) is 5.91 Å². The average Bonchev–Trinajstić information content (AvgIpc) is 2.75. The summed E-state index contributed by atoms with van der Waals surface area (Å²) in [4.78, 5) is 41.3. The summed E-state index contributed by atoms with van der Waals surface area (Å²) in [6.45, 7) is 4.85. The normalized spacial score (nSPS) is 14.9. The zero-order valence-corrected chi connectivity index (χ0v) is 17.7. The number of primary amides is 1. The van der Waals surface area contributed by atoms with Gasteiger partial charge in [0.05, 0.1) is 13.1 Å². The fraction of sp³-hybridized carbons (Fsp3) is 0.524. The topological polar surface area (TPSA) is 129 Å². The van der Waals surface area contributed by atoms with Crippen molar-refractivity contribution in [3.05, 3.63) is 35.4 Å². The summed E-state index contributed by atoms with van der Waals surface area (Å²) in [5, 5.41) is 8.49. The van der Waals surface area contributed by atoms with Gasteiger partial charge in [0, 0.05) is 38.7 Å². The number of likely N-dealkylation sites (tertiary alicyclic amines) is 1. The lowest BCUT2D eigenvalue weighted by Crippen LogP contribution is -2.46. The molecule has 0 radical (unpaired) electrons. The number of guanidine groups is 1. The predicted octanol–water partition coefficient (Wildman–Crippen LogP) is 0.215. The zero-order valence-electron chi connectivity index (χ0n) is 17.7. The first-order valence-corrected chi connectivity index (χ1v) is 10.3. The molecule has 1 aliphatic rings. The van der Waals surface area contributed by atoms with Crippen molar-refractivity contribution in [3.63, 3.8) is 0 Å². The quantitative estimate of drug-likeness (QED) is 0.356. The van der Waals surface area contributed by atoms with Crippen LogP contribution < -0.4 is 21.7 Å². The Balaban J connectivity index is 1.92. The molecule has 5 N–H and O–H groups in total. The van der Waals surface area contributed by atoms with Crippen LogP contribution in [0.1, 0.15) is 42.1 Å². The summed E-state index contributed by atoms with van der Waals surface area (Å²) >= 11 is 0. The van der Waals surface area contributed by atoms with Gasteiger partial charge in [-0.2, -0.15) is 0 Å². The van der Waals surface area contributed by atoms with Gasteiger partial charge in [-0.15, -0.1) is 0 Å². The number of hydrogen-bond acceptors (Lipinski definition) is 4. The monoisotopic (exact) mass is 416 g/mol. The average molecular weight is 417 g/mol. The summed E-state index contributed by atoms with van der Waals surface area (Å²) < 4.78 is 0. The summed E-state index contributed by atoms with van der Waals surface area (Å²) in [5.74, 6) is 0.456. The number of nitrogens with one attached hydrogen (secondary N) is 3. The van der Waals surface area contributed by atoms with E-state index in [4.69, 9.17) is 10.7 Å². The van der Waals surface area contributed by atoms with Crippen LogP contribution in [0, 0.1) is 5.92 Å². The number of rotatable bonds is 8. The summed E-state index contributed by atoms with van der Waals surface area (Å²) in [6.07, 6.45) is 2.51. The maximum Gasteiger partial charge on any atom is 0.251 e. The van der Waals surface area contributed by atoms with Crippen LogP contribution in [0.25, 0.3) is 0 Å². The molecule has 0 atom stereocenters. The maximum absolute atomic E-state index is 11.9. The van der Waals surface area contributed by atoms with Gasteiger partial charge in [-0.05, 0) is 43.4 Å². The first-order valence-electron chi connectivity index (χ1n) is 10.3. The summed E-state index contributed by atoms with van der Waals surface area (Å²) in [6, 6.07) is 7.11. The van der Waals surface area contributed by atoms with Crippen LogP contribution >= 0.6 is 0 Å². The number of piperidine rings is 1. The minimum absolute atomic E-state index is 0.0979. The molecule has 2 rings (SSSR count). The van der Waals surface area contributed by atoms with Crippen LogP contribution in [0.5, 0.6) is 0 Å². The van der Waals surface area contributed by atoms with Crippen molar-refractivity contribution in [2.24, 2.45) is 16.6 Å². The molecule has 1 aromatic rings. The molecule has 1 saturated heterocycles. The molecule has 1 heterocycles. The molecule has 0 aliphatic carbocycles. The highest BCUT2D eigenvalue weighted by molar-refractivity contribution is 5.96. The third kappa shape index (κ3) is 7.38. The molecule has 0 aromatic heterocycles. The second-order valence-corrected chi connectivity index (χ2v) is 7.32. The fourth-order valence-electron chi connectivity index (χ4n) is 3.34. The number of aliphatic imine (C=N–C) groups is 1. The number of nitrogens with zero attached hydrogens (tertiary/aromatic N) is 2. The number of amides is 3. The van der Waals surface area contributed by atoms with E-state index in [0.29, 0.717) is 24.4 Å². The van der Waals surface area contributed by atoms with Crippen LogP contribution in [-0.4, -0.2) is 61.8 Å². The van der Waals surface area contributed by atoms with E-state index < -0.39 is 5.91 Å². The number of carbonyl (C=O) groups is 3. The van der Waals surface area contributed by atoms with Crippen molar-refractivity contribution in [2.45, 2.75) is 32.7 Å². The standard InChI is InChI=1S/C21H32N6O3/c1-3-24-21(27-10-8-15(9-11-27)12-19(29)23-2)26-13-16-4-6-17(7-5-16)20(30)25-14-18(22)28/h4-7,15H,3,8-14H2,1-2H3,(H2,22,28)(H,23,29)(H,24,26)(H,25,30). The van der Waals surface area contributed by atoms with Gasteiger partial charge in [0.2, 0.25) is 11.8 Å². The number of nitrogens with two attached hydrogens (primary N) is 1. The highest BCUT2D eigenvalue weighted by atomic mass is 16.2. The smallest absolute Gasteiger partial charge is 0.251 e. The Kier molecular flexibility index (Phi) is 9.11. The summed E-state index contributed by atoms with van der Waals surface area (Å²) in [5.41, 5.74) is 6.48. The Labute approximate surface area is 177 Å². The summed E-state index contributed by atoms with van der Waals surface area (Å²) in [7, 11) is 1.67. The molecule has 9 heteroatoms. The minimum Gasteiger partial charge on any atom is -0.368 e. The van der Waals surface area contributed by atoms with Crippen molar-refractivity contribution in [1.82, 2.24) is 20.9 Å². The molecular weight excluding hydrogens is 384 g/mol. The molecule has 0 spiro atoms. The Morgan fingerprint density at radius 3 is 2.37 bits per heavy atom. The van der Waals surface area contributed by atoms with E-state index in [-0.39, 0.29) is 18.4 Å². The van der Waals surface area contributed by atoms with E-state index in [9.17, 15) is 14.4 Å². The van der Waals surface area contributed by atoms with Crippen molar-refractivity contribution < 1.29 is 14.4 Å². The lowest BCUT2D eigenvalue weighted by atomic mass is 9.93. The van der Waals surface area contributed by atoms with Crippen molar-refractivity contribution in [2.75, 3.05) is 33.2 Å².